The molecule has 6 nitrogen and oxygen atoms in total. The van der Waals surface area contributed by atoms with Crippen LogP contribution in [0.25, 0.3) is 5.65 Å². The van der Waals surface area contributed by atoms with E-state index in [2.05, 4.69) is 20.8 Å². The van der Waals surface area contributed by atoms with E-state index in [-0.39, 0.29) is 17.9 Å². The van der Waals surface area contributed by atoms with Crippen LogP contribution >= 0.6 is 0 Å². The van der Waals surface area contributed by atoms with Crippen LogP contribution in [0.2, 0.25) is 0 Å². The van der Waals surface area contributed by atoms with Crippen molar-refractivity contribution in [3.63, 3.8) is 0 Å². The Morgan fingerprint density at radius 2 is 2.40 bits per heavy atom. The van der Waals surface area contributed by atoms with Gasteiger partial charge in [0.15, 0.2) is 11.5 Å². The Morgan fingerprint density at radius 1 is 1.50 bits per heavy atom. The number of piperidine rings is 1. The fraction of sp³-hybridized carbons (Fsp3) is 0.500. The molecule has 2 N–H and O–H groups in total. The fourth-order valence-corrected chi connectivity index (χ4v) is 2.63. The molecule has 1 saturated heterocycles. The van der Waals surface area contributed by atoms with Gasteiger partial charge in [0.05, 0.1) is 12.0 Å². The SMILES string of the molecule is CC(NC(=O)[C@@H]1CCCNC1)c1nnc2ccccn12. The molecule has 0 bridgehead atoms. The van der Waals surface area contributed by atoms with Gasteiger partial charge in [0.1, 0.15) is 0 Å². The smallest absolute Gasteiger partial charge is 0.224 e. The maximum atomic E-state index is 12.2. The maximum absolute atomic E-state index is 12.2. The van der Waals surface area contributed by atoms with Gasteiger partial charge >= 0.3 is 0 Å². The summed E-state index contributed by atoms with van der Waals surface area (Å²) in [5.41, 5.74) is 0.794. The second kappa shape index (κ2) is 5.58. The van der Waals surface area contributed by atoms with Crippen molar-refractivity contribution in [2.75, 3.05) is 13.1 Å². The first kappa shape index (κ1) is 13.1. The van der Waals surface area contributed by atoms with Gasteiger partial charge in [-0.25, -0.2) is 0 Å². The molecule has 0 aromatic carbocycles. The third-order valence-electron chi connectivity index (χ3n) is 3.75. The maximum Gasteiger partial charge on any atom is 0.224 e. The van der Waals surface area contributed by atoms with Crippen LogP contribution in [0, 0.1) is 5.92 Å². The zero-order valence-electron chi connectivity index (χ0n) is 11.5. The lowest BCUT2D eigenvalue weighted by Crippen LogP contribution is -2.41. The Balaban J connectivity index is 1.72. The number of carbonyl (C=O) groups excluding carboxylic acids is 1. The molecule has 2 aromatic rings. The summed E-state index contributed by atoms with van der Waals surface area (Å²) >= 11 is 0. The van der Waals surface area contributed by atoms with E-state index in [1.165, 1.54) is 0 Å². The Labute approximate surface area is 117 Å². The highest BCUT2D eigenvalue weighted by Gasteiger charge is 2.23. The molecule has 1 unspecified atom stereocenters. The average molecular weight is 273 g/mol. The van der Waals surface area contributed by atoms with Crippen molar-refractivity contribution in [3.8, 4) is 0 Å². The summed E-state index contributed by atoms with van der Waals surface area (Å²) in [5.74, 6) is 0.917. The van der Waals surface area contributed by atoms with Crippen LogP contribution in [0.3, 0.4) is 0 Å². The molecule has 1 aliphatic heterocycles. The van der Waals surface area contributed by atoms with E-state index in [4.69, 9.17) is 0 Å². The third kappa shape index (κ3) is 2.51. The zero-order chi connectivity index (χ0) is 13.9. The summed E-state index contributed by atoms with van der Waals surface area (Å²) in [6, 6.07) is 5.60. The lowest BCUT2D eigenvalue weighted by Gasteiger charge is -2.23. The molecular formula is C14H19N5O. The fourth-order valence-electron chi connectivity index (χ4n) is 2.63. The van der Waals surface area contributed by atoms with E-state index in [9.17, 15) is 4.79 Å². The van der Waals surface area contributed by atoms with Crippen molar-refractivity contribution in [1.29, 1.82) is 0 Å². The zero-order valence-corrected chi connectivity index (χ0v) is 11.5. The number of hydrogen-bond donors (Lipinski definition) is 2. The van der Waals surface area contributed by atoms with Crippen LogP contribution in [0.5, 0.6) is 0 Å². The van der Waals surface area contributed by atoms with Crippen molar-refractivity contribution in [2.24, 2.45) is 5.92 Å². The minimum absolute atomic E-state index is 0.0605. The van der Waals surface area contributed by atoms with Gasteiger partial charge in [-0.05, 0) is 38.4 Å². The van der Waals surface area contributed by atoms with Crippen molar-refractivity contribution < 1.29 is 4.79 Å². The normalized spacial score (nSPS) is 20.8. The van der Waals surface area contributed by atoms with Crippen LogP contribution in [0.1, 0.15) is 31.6 Å². The molecule has 0 radical (unpaired) electrons. The second-order valence-electron chi connectivity index (χ2n) is 5.26. The van der Waals surface area contributed by atoms with Crippen LogP contribution in [-0.2, 0) is 4.79 Å². The van der Waals surface area contributed by atoms with Gasteiger partial charge in [-0.3, -0.25) is 9.20 Å². The molecule has 1 fully saturated rings. The van der Waals surface area contributed by atoms with Gasteiger partial charge in [0.2, 0.25) is 5.91 Å². The largest absolute Gasteiger partial charge is 0.346 e. The third-order valence-corrected chi connectivity index (χ3v) is 3.75. The van der Waals surface area contributed by atoms with Crippen LogP contribution < -0.4 is 10.6 Å². The number of aromatic nitrogens is 3. The van der Waals surface area contributed by atoms with Crippen molar-refractivity contribution in [3.05, 3.63) is 30.2 Å². The number of amides is 1. The van der Waals surface area contributed by atoms with Crippen LogP contribution in [-0.4, -0.2) is 33.6 Å². The lowest BCUT2D eigenvalue weighted by atomic mass is 9.98. The van der Waals surface area contributed by atoms with E-state index in [0.29, 0.717) is 0 Å². The number of nitrogens with one attached hydrogen (secondary N) is 2. The molecule has 1 aliphatic rings. The van der Waals surface area contributed by atoms with Crippen LogP contribution in [0.4, 0.5) is 0 Å². The van der Waals surface area contributed by atoms with E-state index in [1.54, 1.807) is 0 Å². The molecule has 0 spiro atoms. The van der Waals surface area contributed by atoms with Crippen LogP contribution in [0.15, 0.2) is 24.4 Å². The van der Waals surface area contributed by atoms with E-state index >= 15 is 0 Å². The molecule has 3 rings (SSSR count). The highest BCUT2D eigenvalue weighted by molar-refractivity contribution is 5.79. The molecule has 3 heterocycles. The quantitative estimate of drug-likeness (QED) is 0.872. The standard InChI is InChI=1S/C14H19N5O/c1-10(16-14(20)11-5-4-7-15-9-11)13-18-17-12-6-2-3-8-19(12)13/h2-3,6,8,10-11,15H,4-5,7,9H2,1H3,(H,16,20)/t10?,11-/m1/s1. The van der Waals surface area contributed by atoms with Crippen molar-refractivity contribution >= 4 is 11.6 Å². The number of nitrogens with zero attached hydrogens (tertiary/aromatic N) is 3. The number of carbonyl (C=O) groups is 1. The molecule has 0 aliphatic carbocycles. The first-order valence-corrected chi connectivity index (χ1v) is 7.06. The number of rotatable bonds is 3. The van der Waals surface area contributed by atoms with Gasteiger partial charge in [0.25, 0.3) is 0 Å². The van der Waals surface area contributed by atoms with E-state index < -0.39 is 0 Å². The highest BCUT2D eigenvalue weighted by Crippen LogP contribution is 2.15. The first-order chi connectivity index (χ1) is 9.75. The van der Waals surface area contributed by atoms with Gasteiger partial charge in [-0.1, -0.05) is 6.07 Å². The van der Waals surface area contributed by atoms with Gasteiger partial charge in [-0.15, -0.1) is 10.2 Å². The molecule has 2 atom stereocenters. The Kier molecular flexibility index (Phi) is 3.64. The number of pyridine rings is 1. The molecular weight excluding hydrogens is 254 g/mol. The van der Waals surface area contributed by atoms with Gasteiger partial charge in [-0.2, -0.15) is 0 Å². The van der Waals surface area contributed by atoms with Gasteiger partial charge in [0, 0.05) is 12.7 Å². The first-order valence-electron chi connectivity index (χ1n) is 7.06. The second-order valence-corrected chi connectivity index (χ2v) is 5.26. The molecule has 0 saturated carbocycles. The predicted molar refractivity (Wildman–Crippen MR) is 75.1 cm³/mol. The van der Waals surface area contributed by atoms with E-state index in [1.807, 2.05) is 35.7 Å². The Bertz CT molecular complexity index is 602. The monoisotopic (exact) mass is 273 g/mol. The van der Waals surface area contributed by atoms with E-state index in [0.717, 1.165) is 37.4 Å². The van der Waals surface area contributed by atoms with Crippen molar-refractivity contribution in [2.45, 2.75) is 25.8 Å². The topological polar surface area (TPSA) is 71.3 Å². The Morgan fingerprint density at radius 3 is 3.20 bits per heavy atom. The average Bonchev–Trinajstić information content (AvgIpc) is 2.92. The summed E-state index contributed by atoms with van der Waals surface area (Å²) in [6.07, 6.45) is 3.92. The highest BCUT2D eigenvalue weighted by atomic mass is 16.2. The molecule has 1 amide bonds. The molecule has 106 valence electrons. The minimum atomic E-state index is -0.151. The molecule has 6 heteroatoms. The summed E-state index contributed by atoms with van der Waals surface area (Å²) in [4.78, 5) is 12.2. The van der Waals surface area contributed by atoms with Gasteiger partial charge < -0.3 is 10.6 Å². The number of hydrogen-bond acceptors (Lipinski definition) is 4. The molecule has 20 heavy (non-hydrogen) atoms. The summed E-state index contributed by atoms with van der Waals surface area (Å²) in [5, 5.41) is 14.6. The minimum Gasteiger partial charge on any atom is -0.346 e. The summed E-state index contributed by atoms with van der Waals surface area (Å²) < 4.78 is 1.91. The predicted octanol–water partition coefficient (Wildman–Crippen LogP) is 0.906. The van der Waals surface area contributed by atoms with Crippen molar-refractivity contribution in [1.82, 2.24) is 25.2 Å². The summed E-state index contributed by atoms with van der Waals surface area (Å²) in [7, 11) is 0. The summed E-state index contributed by atoms with van der Waals surface area (Å²) in [6.45, 7) is 3.71. The lowest BCUT2D eigenvalue weighted by molar-refractivity contribution is -0.126. The molecule has 2 aromatic heterocycles. The number of fused-ring (bicyclic) bond motifs is 1. The Hall–Kier alpha value is -1.95.